The molecule has 2 aromatic rings. The molecule has 0 fully saturated rings. The second kappa shape index (κ2) is 5.51. The first kappa shape index (κ1) is 15.0. The van der Waals surface area contributed by atoms with Crippen LogP contribution in [0.25, 0.3) is 0 Å². The third kappa shape index (κ3) is 3.36. The van der Waals surface area contributed by atoms with Crippen molar-refractivity contribution in [1.82, 2.24) is 0 Å². The van der Waals surface area contributed by atoms with Gasteiger partial charge in [-0.3, -0.25) is 4.79 Å². The zero-order valence-corrected chi connectivity index (χ0v) is 10.3. The minimum Gasteiger partial charge on any atom is -0.322 e. The summed E-state index contributed by atoms with van der Waals surface area (Å²) in [7, 11) is 0. The Morgan fingerprint density at radius 3 is 2.14 bits per heavy atom. The number of carbonyl (C=O) groups is 1. The predicted molar refractivity (Wildman–Crippen MR) is 65.8 cm³/mol. The highest BCUT2D eigenvalue weighted by Crippen LogP contribution is 2.33. The molecule has 0 radical (unpaired) electrons. The van der Waals surface area contributed by atoms with Crippen molar-refractivity contribution in [3.05, 3.63) is 65.2 Å². The van der Waals surface area contributed by atoms with Crippen LogP contribution in [0.2, 0.25) is 0 Å². The predicted octanol–water partition coefficient (Wildman–Crippen LogP) is 4.24. The van der Waals surface area contributed by atoms with Crippen LogP contribution >= 0.6 is 0 Å². The molecule has 1 amide bonds. The second-order valence-electron chi connectivity index (χ2n) is 4.12. The molecule has 2 aromatic carbocycles. The smallest absolute Gasteiger partial charge is 0.322 e. The highest BCUT2D eigenvalue weighted by Gasteiger charge is 2.36. The van der Waals surface area contributed by atoms with Crippen LogP contribution in [0.15, 0.2) is 42.5 Å². The molecule has 21 heavy (non-hydrogen) atoms. The number of hydrogen-bond acceptors (Lipinski definition) is 1. The van der Waals surface area contributed by atoms with Crippen LogP contribution in [0.4, 0.5) is 27.6 Å². The third-order valence-corrected chi connectivity index (χ3v) is 2.65. The van der Waals surface area contributed by atoms with E-state index in [1.165, 1.54) is 0 Å². The SMILES string of the molecule is O=C(Nc1ccc(F)cc1)c1c(F)cccc1C(F)(F)F. The lowest BCUT2D eigenvalue weighted by Gasteiger charge is -2.13. The van der Waals surface area contributed by atoms with Crippen LogP contribution in [-0.2, 0) is 6.18 Å². The van der Waals surface area contributed by atoms with Gasteiger partial charge >= 0.3 is 6.18 Å². The first-order valence-electron chi connectivity index (χ1n) is 5.71. The zero-order valence-electron chi connectivity index (χ0n) is 10.3. The van der Waals surface area contributed by atoms with Gasteiger partial charge in [0.2, 0.25) is 0 Å². The largest absolute Gasteiger partial charge is 0.417 e. The first-order valence-corrected chi connectivity index (χ1v) is 5.71. The Hall–Kier alpha value is -2.44. The normalized spacial score (nSPS) is 11.3. The van der Waals surface area contributed by atoms with Crippen LogP contribution in [0, 0.1) is 11.6 Å². The summed E-state index contributed by atoms with van der Waals surface area (Å²) in [5.74, 6) is -3.12. The van der Waals surface area contributed by atoms with Gasteiger partial charge in [-0.15, -0.1) is 0 Å². The number of carbonyl (C=O) groups excluding carboxylic acids is 1. The summed E-state index contributed by atoms with van der Waals surface area (Å²) in [5.41, 5.74) is -2.42. The number of amides is 1. The molecule has 0 aromatic heterocycles. The molecular formula is C14H8F5NO. The summed E-state index contributed by atoms with van der Waals surface area (Å²) in [6.45, 7) is 0. The van der Waals surface area contributed by atoms with Crippen molar-refractivity contribution in [3.8, 4) is 0 Å². The van der Waals surface area contributed by atoms with Gasteiger partial charge < -0.3 is 5.32 Å². The molecule has 0 aliphatic rings. The van der Waals surface area contributed by atoms with Crippen molar-refractivity contribution < 1.29 is 26.7 Å². The second-order valence-corrected chi connectivity index (χ2v) is 4.12. The molecule has 0 spiro atoms. The molecule has 1 N–H and O–H groups in total. The van der Waals surface area contributed by atoms with Crippen molar-refractivity contribution in [3.63, 3.8) is 0 Å². The highest BCUT2D eigenvalue weighted by atomic mass is 19.4. The average Bonchev–Trinajstić information content (AvgIpc) is 2.40. The van der Waals surface area contributed by atoms with Crippen molar-refractivity contribution in [2.24, 2.45) is 0 Å². The van der Waals surface area contributed by atoms with Crippen LogP contribution in [0.3, 0.4) is 0 Å². The molecule has 0 unspecified atom stereocenters. The van der Waals surface area contributed by atoms with Gasteiger partial charge in [0, 0.05) is 5.69 Å². The molecule has 0 bridgehead atoms. The molecule has 0 aliphatic heterocycles. The van der Waals surface area contributed by atoms with E-state index in [2.05, 4.69) is 5.32 Å². The Balaban J connectivity index is 2.37. The molecule has 0 heterocycles. The Kier molecular flexibility index (Phi) is 3.93. The van der Waals surface area contributed by atoms with Crippen LogP contribution in [0.5, 0.6) is 0 Å². The van der Waals surface area contributed by atoms with E-state index in [4.69, 9.17) is 0 Å². The minimum absolute atomic E-state index is 0.0535. The third-order valence-electron chi connectivity index (χ3n) is 2.65. The zero-order chi connectivity index (χ0) is 15.6. The van der Waals surface area contributed by atoms with Crippen molar-refractivity contribution in [2.75, 3.05) is 5.32 Å². The maximum atomic E-state index is 13.6. The fraction of sp³-hybridized carbons (Fsp3) is 0.0714. The van der Waals surface area contributed by atoms with Crippen molar-refractivity contribution in [1.29, 1.82) is 0 Å². The maximum absolute atomic E-state index is 13.6. The van der Waals surface area contributed by atoms with E-state index in [-0.39, 0.29) is 5.69 Å². The lowest BCUT2D eigenvalue weighted by atomic mass is 10.1. The van der Waals surface area contributed by atoms with E-state index < -0.39 is 34.8 Å². The average molecular weight is 301 g/mol. The van der Waals surface area contributed by atoms with Crippen LogP contribution in [-0.4, -0.2) is 5.91 Å². The van der Waals surface area contributed by atoms with Gasteiger partial charge in [0.15, 0.2) is 0 Å². The highest BCUT2D eigenvalue weighted by molar-refractivity contribution is 6.05. The maximum Gasteiger partial charge on any atom is 0.417 e. The Morgan fingerprint density at radius 2 is 1.57 bits per heavy atom. The van der Waals surface area contributed by atoms with Gasteiger partial charge in [-0.25, -0.2) is 8.78 Å². The number of benzene rings is 2. The topological polar surface area (TPSA) is 29.1 Å². The molecule has 7 heteroatoms. The van der Waals surface area contributed by atoms with E-state index >= 15 is 0 Å². The summed E-state index contributed by atoms with van der Waals surface area (Å²) in [6, 6.07) is 6.58. The van der Waals surface area contributed by atoms with Crippen molar-refractivity contribution in [2.45, 2.75) is 6.18 Å². The van der Waals surface area contributed by atoms with Gasteiger partial charge in [-0.05, 0) is 36.4 Å². The van der Waals surface area contributed by atoms with E-state index in [9.17, 15) is 26.7 Å². The number of nitrogens with one attached hydrogen (secondary N) is 1. The lowest BCUT2D eigenvalue weighted by Crippen LogP contribution is -2.20. The van der Waals surface area contributed by atoms with Gasteiger partial charge in [-0.2, -0.15) is 13.2 Å². The molecule has 0 saturated carbocycles. The number of hydrogen-bond donors (Lipinski definition) is 1. The van der Waals surface area contributed by atoms with Gasteiger partial charge in [-0.1, -0.05) is 6.07 Å². The molecular weight excluding hydrogens is 293 g/mol. The van der Waals surface area contributed by atoms with E-state index in [0.717, 1.165) is 36.4 Å². The Morgan fingerprint density at radius 1 is 0.952 bits per heavy atom. The number of halogens is 5. The van der Waals surface area contributed by atoms with Crippen LogP contribution in [0.1, 0.15) is 15.9 Å². The lowest BCUT2D eigenvalue weighted by molar-refractivity contribution is -0.138. The first-order chi connectivity index (χ1) is 9.79. The monoisotopic (exact) mass is 301 g/mol. The summed E-state index contributed by atoms with van der Waals surface area (Å²) < 4.78 is 64.6. The number of alkyl halides is 3. The van der Waals surface area contributed by atoms with Crippen LogP contribution < -0.4 is 5.32 Å². The number of rotatable bonds is 2. The fourth-order valence-electron chi connectivity index (χ4n) is 1.72. The van der Waals surface area contributed by atoms with Gasteiger partial charge in [0.1, 0.15) is 11.6 Å². The van der Waals surface area contributed by atoms with E-state index in [1.54, 1.807) is 0 Å². The number of anilines is 1. The van der Waals surface area contributed by atoms with Gasteiger partial charge in [0.25, 0.3) is 5.91 Å². The summed E-state index contributed by atoms with van der Waals surface area (Å²) in [6.07, 6.45) is -4.86. The standard InChI is InChI=1S/C14H8F5NO/c15-8-4-6-9(7-5-8)20-13(21)12-10(14(17,18)19)2-1-3-11(12)16/h1-7H,(H,20,21). The quantitative estimate of drug-likeness (QED) is 0.826. The Labute approximate surface area is 116 Å². The molecule has 2 nitrogen and oxygen atoms in total. The summed E-state index contributed by atoms with van der Waals surface area (Å²) in [4.78, 5) is 11.8. The summed E-state index contributed by atoms with van der Waals surface area (Å²) >= 11 is 0. The minimum atomic E-state index is -4.86. The molecule has 0 saturated heterocycles. The van der Waals surface area contributed by atoms with Gasteiger partial charge in [0.05, 0.1) is 11.1 Å². The molecule has 0 atom stereocenters. The van der Waals surface area contributed by atoms with E-state index in [1.807, 2.05) is 0 Å². The van der Waals surface area contributed by atoms with Crippen molar-refractivity contribution >= 4 is 11.6 Å². The fourth-order valence-corrected chi connectivity index (χ4v) is 1.72. The summed E-state index contributed by atoms with van der Waals surface area (Å²) in [5, 5.41) is 2.09. The van der Waals surface area contributed by atoms with E-state index in [0.29, 0.717) is 6.07 Å². The molecule has 110 valence electrons. The molecule has 0 aliphatic carbocycles. The molecule has 2 rings (SSSR count). The Bertz CT molecular complexity index is 664.